The predicted octanol–water partition coefficient (Wildman–Crippen LogP) is 2.86. The highest BCUT2D eigenvalue weighted by Gasteiger charge is 2.42. The van der Waals surface area contributed by atoms with Gasteiger partial charge in [0.25, 0.3) is 5.91 Å². The molecule has 2 aliphatic heterocycles. The molecule has 138 valence electrons. The van der Waals surface area contributed by atoms with E-state index in [4.69, 9.17) is 0 Å². The third-order valence-corrected chi connectivity index (χ3v) is 5.15. The first-order valence-electron chi connectivity index (χ1n) is 8.90. The fourth-order valence-corrected chi connectivity index (χ4v) is 3.62. The highest BCUT2D eigenvalue weighted by atomic mass is 19.1. The number of amides is 3. The molecule has 0 fully saturated rings. The van der Waals surface area contributed by atoms with Gasteiger partial charge in [-0.1, -0.05) is 42.5 Å². The van der Waals surface area contributed by atoms with E-state index >= 15 is 0 Å². The van der Waals surface area contributed by atoms with Crippen LogP contribution in [0.5, 0.6) is 0 Å². The maximum atomic E-state index is 13.3. The second kappa shape index (κ2) is 6.87. The minimum Gasteiger partial charge on any atom is -0.333 e. The fraction of sp³-hybridized carbons (Fsp3) is 0.238. The van der Waals surface area contributed by atoms with Gasteiger partial charge < -0.3 is 10.2 Å². The van der Waals surface area contributed by atoms with Crippen molar-refractivity contribution in [3.05, 3.63) is 82.8 Å². The van der Waals surface area contributed by atoms with Crippen molar-refractivity contribution >= 4 is 11.9 Å². The maximum absolute atomic E-state index is 13.3. The molecule has 1 atom stereocenters. The molecule has 3 amide bonds. The second-order valence-corrected chi connectivity index (χ2v) is 6.82. The molecule has 2 heterocycles. The maximum Gasteiger partial charge on any atom is 0.322 e. The van der Waals surface area contributed by atoms with Gasteiger partial charge in [0.1, 0.15) is 5.82 Å². The number of hydrogen-bond acceptors (Lipinski definition) is 2. The molecule has 5 nitrogen and oxygen atoms in total. The number of nitrogens with zero attached hydrogens (tertiary/aromatic N) is 2. The van der Waals surface area contributed by atoms with E-state index in [1.165, 1.54) is 17.0 Å². The molecule has 2 aromatic carbocycles. The Kier molecular flexibility index (Phi) is 4.39. The van der Waals surface area contributed by atoms with Crippen LogP contribution in [0.4, 0.5) is 9.18 Å². The summed E-state index contributed by atoms with van der Waals surface area (Å²) in [6.07, 6.45) is 0.749. The number of likely N-dealkylation sites (N-methyl/N-ethyl adjacent to an activating group) is 1. The van der Waals surface area contributed by atoms with E-state index in [9.17, 15) is 14.0 Å². The number of benzene rings is 2. The van der Waals surface area contributed by atoms with Crippen molar-refractivity contribution in [3.8, 4) is 0 Å². The molecular formula is C21H20FN3O2. The Balaban J connectivity index is 1.59. The summed E-state index contributed by atoms with van der Waals surface area (Å²) in [5.74, 6) is -0.434. The molecule has 0 bridgehead atoms. The number of hydrogen-bond donors (Lipinski definition) is 1. The van der Waals surface area contributed by atoms with Crippen LogP contribution in [0.3, 0.4) is 0 Å². The van der Waals surface area contributed by atoms with Gasteiger partial charge in [-0.05, 0) is 29.7 Å². The fourth-order valence-electron chi connectivity index (χ4n) is 3.62. The predicted molar refractivity (Wildman–Crippen MR) is 99.2 cm³/mol. The Morgan fingerprint density at radius 3 is 2.48 bits per heavy atom. The van der Waals surface area contributed by atoms with E-state index < -0.39 is 6.04 Å². The third kappa shape index (κ3) is 3.18. The lowest BCUT2D eigenvalue weighted by atomic mass is 9.96. The van der Waals surface area contributed by atoms with E-state index in [0.717, 1.165) is 12.0 Å². The molecule has 0 saturated carbocycles. The molecule has 1 N–H and O–H groups in total. The van der Waals surface area contributed by atoms with Crippen LogP contribution < -0.4 is 5.32 Å². The van der Waals surface area contributed by atoms with Crippen molar-refractivity contribution in [1.82, 2.24) is 15.1 Å². The number of halogens is 1. The van der Waals surface area contributed by atoms with Crippen molar-refractivity contribution in [2.24, 2.45) is 0 Å². The average molecular weight is 365 g/mol. The van der Waals surface area contributed by atoms with E-state index in [1.807, 2.05) is 30.3 Å². The van der Waals surface area contributed by atoms with Gasteiger partial charge >= 0.3 is 6.03 Å². The van der Waals surface area contributed by atoms with Crippen molar-refractivity contribution < 1.29 is 14.0 Å². The molecule has 0 spiro atoms. The first-order chi connectivity index (χ1) is 13.0. The molecule has 0 unspecified atom stereocenters. The van der Waals surface area contributed by atoms with E-state index in [2.05, 4.69) is 5.32 Å². The smallest absolute Gasteiger partial charge is 0.322 e. The summed E-state index contributed by atoms with van der Waals surface area (Å²) >= 11 is 0. The molecule has 0 radical (unpaired) electrons. The summed E-state index contributed by atoms with van der Waals surface area (Å²) in [6, 6.07) is 15.1. The number of carbonyl (C=O) groups excluding carboxylic acids is 2. The first kappa shape index (κ1) is 17.3. The minimum atomic E-state index is -0.557. The largest absolute Gasteiger partial charge is 0.333 e. The molecule has 0 saturated heterocycles. The summed E-state index contributed by atoms with van der Waals surface area (Å²) in [5.41, 5.74) is 3.14. The first-order valence-corrected chi connectivity index (χ1v) is 8.90. The summed E-state index contributed by atoms with van der Waals surface area (Å²) in [6.45, 7) is 0.983. The van der Waals surface area contributed by atoms with Crippen molar-refractivity contribution in [2.45, 2.75) is 12.5 Å². The Hall–Kier alpha value is -3.15. The topological polar surface area (TPSA) is 52.7 Å². The normalized spacial score (nSPS) is 19.4. The Labute approximate surface area is 157 Å². The lowest BCUT2D eigenvalue weighted by Crippen LogP contribution is -2.45. The van der Waals surface area contributed by atoms with Crippen LogP contribution in [-0.2, 0) is 11.2 Å². The third-order valence-electron chi connectivity index (χ3n) is 5.15. The molecule has 4 rings (SSSR count). The summed E-state index contributed by atoms with van der Waals surface area (Å²) < 4.78 is 13.3. The minimum absolute atomic E-state index is 0.0814. The Morgan fingerprint density at radius 1 is 1.07 bits per heavy atom. The number of nitrogens with one attached hydrogen (secondary N) is 1. The zero-order valence-electron chi connectivity index (χ0n) is 15.0. The van der Waals surface area contributed by atoms with Gasteiger partial charge in [-0.25, -0.2) is 9.18 Å². The molecule has 0 aromatic heterocycles. The highest BCUT2D eigenvalue weighted by molar-refractivity contribution is 6.01. The molecule has 2 aromatic rings. The average Bonchev–Trinajstić information content (AvgIpc) is 3.01. The van der Waals surface area contributed by atoms with Crippen molar-refractivity contribution in [2.75, 3.05) is 20.1 Å². The van der Waals surface area contributed by atoms with E-state index in [1.54, 1.807) is 24.1 Å². The lowest BCUT2D eigenvalue weighted by molar-refractivity contribution is -0.125. The summed E-state index contributed by atoms with van der Waals surface area (Å²) in [4.78, 5) is 28.7. The monoisotopic (exact) mass is 365 g/mol. The van der Waals surface area contributed by atoms with Crippen LogP contribution in [0.2, 0.25) is 0 Å². The number of urea groups is 1. The van der Waals surface area contributed by atoms with Crippen molar-refractivity contribution in [1.29, 1.82) is 0 Å². The number of carbonyl (C=O) groups is 2. The Morgan fingerprint density at radius 2 is 1.78 bits per heavy atom. The zero-order valence-corrected chi connectivity index (χ0v) is 15.0. The standard InChI is InChI=1S/C21H20FN3O2/c1-24-17-13-25(12-11-14-5-3-2-4-6-14)20(26)18(17)19(23-21(24)27)15-7-9-16(22)10-8-15/h2-10,19H,11-13H2,1H3,(H,23,27)/t19-/m0/s1. The van der Waals surface area contributed by atoms with Crippen LogP contribution in [0.15, 0.2) is 65.9 Å². The quantitative estimate of drug-likeness (QED) is 0.906. The SMILES string of the molecule is CN1C(=O)N[C@@H](c2ccc(F)cc2)C2=C1CN(CCc1ccccc1)C2=O. The van der Waals surface area contributed by atoms with Gasteiger partial charge in [-0.15, -0.1) is 0 Å². The lowest BCUT2D eigenvalue weighted by Gasteiger charge is -2.31. The molecule has 2 aliphatic rings. The second-order valence-electron chi connectivity index (χ2n) is 6.82. The number of rotatable bonds is 4. The van der Waals surface area contributed by atoms with Gasteiger partial charge in [0, 0.05) is 13.6 Å². The van der Waals surface area contributed by atoms with Gasteiger partial charge in [0.15, 0.2) is 0 Å². The van der Waals surface area contributed by atoms with Crippen molar-refractivity contribution in [3.63, 3.8) is 0 Å². The van der Waals surface area contributed by atoms with Crippen LogP contribution in [0.25, 0.3) is 0 Å². The van der Waals surface area contributed by atoms with Crippen LogP contribution in [-0.4, -0.2) is 41.9 Å². The molecular weight excluding hydrogens is 345 g/mol. The van der Waals surface area contributed by atoms with Crippen LogP contribution in [0, 0.1) is 5.82 Å². The van der Waals surface area contributed by atoms with Crippen LogP contribution >= 0.6 is 0 Å². The highest BCUT2D eigenvalue weighted by Crippen LogP contribution is 2.35. The Bertz CT molecular complexity index is 909. The van der Waals surface area contributed by atoms with Crippen LogP contribution in [0.1, 0.15) is 17.2 Å². The van der Waals surface area contributed by atoms with Gasteiger partial charge in [-0.3, -0.25) is 9.69 Å². The summed E-state index contributed by atoms with van der Waals surface area (Å²) in [7, 11) is 1.67. The van der Waals surface area contributed by atoms with E-state index in [-0.39, 0.29) is 17.8 Å². The zero-order chi connectivity index (χ0) is 19.0. The summed E-state index contributed by atoms with van der Waals surface area (Å²) in [5, 5.41) is 2.86. The molecule has 6 heteroatoms. The van der Waals surface area contributed by atoms with E-state index in [0.29, 0.717) is 29.9 Å². The molecule has 0 aliphatic carbocycles. The van der Waals surface area contributed by atoms with Gasteiger partial charge in [-0.2, -0.15) is 0 Å². The van der Waals surface area contributed by atoms with Gasteiger partial charge in [0.2, 0.25) is 0 Å². The van der Waals surface area contributed by atoms with Gasteiger partial charge in [0.05, 0.1) is 23.9 Å². The molecule has 27 heavy (non-hydrogen) atoms.